The predicted molar refractivity (Wildman–Crippen MR) is 73.4 cm³/mol. The van der Waals surface area contributed by atoms with Crippen LogP contribution in [0.15, 0.2) is 47.6 Å². The smallest absolute Gasteiger partial charge is 0.0166 e. The van der Waals surface area contributed by atoms with Gasteiger partial charge < -0.3 is 0 Å². The van der Waals surface area contributed by atoms with Gasteiger partial charge in [0.1, 0.15) is 0 Å². The zero-order chi connectivity index (χ0) is 12.0. The fourth-order valence-electron chi connectivity index (χ4n) is 1.95. The van der Waals surface area contributed by atoms with Crippen LogP contribution in [-0.4, -0.2) is 0 Å². The van der Waals surface area contributed by atoms with Crippen molar-refractivity contribution < 1.29 is 0 Å². The monoisotopic (exact) mass is 216 g/mol. The van der Waals surface area contributed by atoms with Gasteiger partial charge in [-0.3, -0.25) is 0 Å². The van der Waals surface area contributed by atoms with Gasteiger partial charge in [-0.25, -0.2) is 0 Å². The molecule has 0 aromatic rings. The molecule has 0 saturated heterocycles. The Bertz CT molecular complexity index is 326. The molecule has 1 aliphatic carbocycles. The van der Waals surface area contributed by atoms with Crippen molar-refractivity contribution in [2.45, 2.75) is 40.5 Å². The summed E-state index contributed by atoms with van der Waals surface area (Å²) >= 11 is 0. The molecule has 0 saturated carbocycles. The Labute approximate surface area is 100 Å². The van der Waals surface area contributed by atoms with Gasteiger partial charge in [0.15, 0.2) is 0 Å². The second-order valence-corrected chi connectivity index (χ2v) is 4.61. The molecule has 0 amide bonds. The largest absolute Gasteiger partial charge is 0.0744 e. The van der Waals surface area contributed by atoms with E-state index in [1.807, 2.05) is 0 Å². The van der Waals surface area contributed by atoms with Gasteiger partial charge in [-0.2, -0.15) is 0 Å². The van der Waals surface area contributed by atoms with E-state index in [1.54, 1.807) is 0 Å². The van der Waals surface area contributed by atoms with Gasteiger partial charge in [-0.1, -0.05) is 68.4 Å². The molecular formula is C16H24. The van der Waals surface area contributed by atoms with E-state index in [0.29, 0.717) is 11.8 Å². The summed E-state index contributed by atoms with van der Waals surface area (Å²) in [6, 6.07) is 0. The Morgan fingerprint density at radius 1 is 1.31 bits per heavy atom. The van der Waals surface area contributed by atoms with Crippen LogP contribution in [-0.2, 0) is 0 Å². The van der Waals surface area contributed by atoms with Crippen LogP contribution in [0.4, 0.5) is 0 Å². The van der Waals surface area contributed by atoms with E-state index in [-0.39, 0.29) is 0 Å². The molecule has 0 heterocycles. The van der Waals surface area contributed by atoms with Gasteiger partial charge in [0.25, 0.3) is 0 Å². The van der Waals surface area contributed by atoms with E-state index in [0.717, 1.165) is 6.42 Å². The number of hydrogen-bond acceptors (Lipinski definition) is 0. The zero-order valence-electron chi connectivity index (χ0n) is 11.0. The molecule has 1 rings (SSSR count). The number of allylic oxidation sites excluding steroid dienone is 8. The second-order valence-electron chi connectivity index (χ2n) is 4.61. The first-order valence-electron chi connectivity index (χ1n) is 6.41. The molecule has 0 spiro atoms. The van der Waals surface area contributed by atoms with Gasteiger partial charge in [-0.05, 0) is 25.7 Å². The molecular weight excluding hydrogens is 192 g/mol. The Morgan fingerprint density at radius 2 is 2.06 bits per heavy atom. The van der Waals surface area contributed by atoms with Gasteiger partial charge in [-0.15, -0.1) is 0 Å². The summed E-state index contributed by atoms with van der Waals surface area (Å²) in [6.07, 6.45) is 15.7. The molecule has 0 radical (unpaired) electrons. The van der Waals surface area contributed by atoms with Crippen LogP contribution in [0.2, 0.25) is 0 Å². The summed E-state index contributed by atoms with van der Waals surface area (Å²) in [5.74, 6) is 1.19. The van der Waals surface area contributed by atoms with E-state index < -0.39 is 0 Å². The molecule has 16 heavy (non-hydrogen) atoms. The maximum Gasteiger partial charge on any atom is 0.0166 e. The Hall–Kier alpha value is -1.04. The van der Waals surface area contributed by atoms with Crippen LogP contribution in [0.5, 0.6) is 0 Å². The van der Waals surface area contributed by atoms with Crippen LogP contribution >= 0.6 is 0 Å². The average molecular weight is 216 g/mol. The molecule has 0 aromatic carbocycles. The van der Waals surface area contributed by atoms with E-state index in [1.165, 1.54) is 17.6 Å². The average Bonchev–Trinajstić information content (AvgIpc) is 2.52. The quantitative estimate of drug-likeness (QED) is 0.576. The fraction of sp³-hybridized carbons (Fsp3) is 0.500. The normalized spacial score (nSPS) is 22.9. The van der Waals surface area contributed by atoms with E-state index in [9.17, 15) is 0 Å². The van der Waals surface area contributed by atoms with Crippen molar-refractivity contribution in [1.82, 2.24) is 0 Å². The van der Waals surface area contributed by atoms with Gasteiger partial charge in [0.2, 0.25) is 0 Å². The third-order valence-corrected chi connectivity index (χ3v) is 3.52. The molecule has 0 aliphatic heterocycles. The third-order valence-electron chi connectivity index (χ3n) is 3.52. The highest BCUT2D eigenvalue weighted by atomic mass is 14.1. The van der Waals surface area contributed by atoms with E-state index in [2.05, 4.69) is 64.2 Å². The SMILES string of the molecule is CCC1=CC=CC=CC1C=C(C)C(C)CC. The molecule has 88 valence electrons. The summed E-state index contributed by atoms with van der Waals surface area (Å²) in [6.45, 7) is 9.05. The first-order valence-corrected chi connectivity index (χ1v) is 6.41. The number of rotatable bonds is 4. The minimum atomic E-state index is 0.494. The summed E-state index contributed by atoms with van der Waals surface area (Å²) in [5, 5.41) is 0. The second kappa shape index (κ2) is 6.52. The standard InChI is InChI=1S/C16H24/c1-5-13(3)14(4)12-16-11-9-7-8-10-15(16)6-2/h7-13,16H,5-6H2,1-4H3. The lowest BCUT2D eigenvalue weighted by Gasteiger charge is -2.15. The Morgan fingerprint density at radius 3 is 2.69 bits per heavy atom. The fourth-order valence-corrected chi connectivity index (χ4v) is 1.95. The Balaban J connectivity index is 2.86. The van der Waals surface area contributed by atoms with Crippen molar-refractivity contribution in [3.63, 3.8) is 0 Å². The van der Waals surface area contributed by atoms with Crippen molar-refractivity contribution in [1.29, 1.82) is 0 Å². The lowest BCUT2D eigenvalue weighted by molar-refractivity contribution is 0.647. The summed E-state index contributed by atoms with van der Waals surface area (Å²) in [5.41, 5.74) is 3.02. The molecule has 0 nitrogen and oxygen atoms in total. The maximum absolute atomic E-state index is 2.42. The molecule has 0 heteroatoms. The van der Waals surface area contributed by atoms with Crippen LogP contribution in [0.25, 0.3) is 0 Å². The molecule has 2 unspecified atom stereocenters. The van der Waals surface area contributed by atoms with Gasteiger partial charge >= 0.3 is 0 Å². The zero-order valence-corrected chi connectivity index (χ0v) is 11.0. The van der Waals surface area contributed by atoms with Crippen molar-refractivity contribution >= 4 is 0 Å². The van der Waals surface area contributed by atoms with Crippen LogP contribution in [0.1, 0.15) is 40.5 Å². The van der Waals surface area contributed by atoms with Crippen LogP contribution < -0.4 is 0 Å². The molecule has 1 aliphatic rings. The van der Waals surface area contributed by atoms with Gasteiger partial charge in [0.05, 0.1) is 0 Å². The third kappa shape index (κ3) is 3.52. The summed E-state index contributed by atoms with van der Waals surface area (Å²) in [7, 11) is 0. The first-order chi connectivity index (χ1) is 7.69. The maximum atomic E-state index is 2.42. The predicted octanol–water partition coefficient (Wildman–Crippen LogP) is 5.06. The van der Waals surface area contributed by atoms with E-state index in [4.69, 9.17) is 0 Å². The van der Waals surface area contributed by atoms with Crippen molar-refractivity contribution in [2.75, 3.05) is 0 Å². The van der Waals surface area contributed by atoms with Gasteiger partial charge in [0, 0.05) is 5.92 Å². The first kappa shape index (κ1) is 13.0. The Kier molecular flexibility index (Phi) is 5.31. The van der Waals surface area contributed by atoms with Crippen LogP contribution in [0, 0.1) is 11.8 Å². The highest BCUT2D eigenvalue weighted by Crippen LogP contribution is 2.24. The number of hydrogen-bond donors (Lipinski definition) is 0. The molecule has 0 N–H and O–H groups in total. The lowest BCUT2D eigenvalue weighted by Crippen LogP contribution is -2.01. The van der Waals surface area contributed by atoms with E-state index >= 15 is 0 Å². The highest BCUT2D eigenvalue weighted by molar-refractivity contribution is 5.31. The highest BCUT2D eigenvalue weighted by Gasteiger charge is 2.09. The molecule has 0 bridgehead atoms. The minimum Gasteiger partial charge on any atom is -0.0744 e. The minimum absolute atomic E-state index is 0.494. The molecule has 2 atom stereocenters. The topological polar surface area (TPSA) is 0 Å². The van der Waals surface area contributed by atoms with Crippen molar-refractivity contribution in [3.8, 4) is 0 Å². The molecule has 0 aromatic heterocycles. The van der Waals surface area contributed by atoms with Crippen molar-refractivity contribution in [2.24, 2.45) is 11.8 Å². The summed E-state index contributed by atoms with van der Waals surface area (Å²) < 4.78 is 0. The molecule has 0 fully saturated rings. The van der Waals surface area contributed by atoms with Crippen molar-refractivity contribution in [3.05, 3.63) is 47.6 Å². The lowest BCUT2D eigenvalue weighted by atomic mass is 9.90. The van der Waals surface area contributed by atoms with Crippen LogP contribution in [0.3, 0.4) is 0 Å². The summed E-state index contributed by atoms with van der Waals surface area (Å²) in [4.78, 5) is 0.